The summed E-state index contributed by atoms with van der Waals surface area (Å²) in [6.07, 6.45) is 3.92. The number of nitrogens with zero attached hydrogens (tertiary/aromatic N) is 3. The Balaban J connectivity index is 1.62. The standard InChI is InChI=1S/C17H23N3O/c1-19-10-12-20(13-11-19)9-3-4-14-6-7-16(21)17-15(14)5-2-8-18-17/h2,5-8,21H,3-4,9-13H2,1H3. The zero-order chi connectivity index (χ0) is 14.7. The van der Waals surface area contributed by atoms with Gasteiger partial charge in [-0.25, -0.2) is 0 Å². The van der Waals surface area contributed by atoms with Gasteiger partial charge >= 0.3 is 0 Å². The van der Waals surface area contributed by atoms with Crippen LogP contribution in [0.3, 0.4) is 0 Å². The van der Waals surface area contributed by atoms with Gasteiger partial charge < -0.3 is 14.9 Å². The minimum Gasteiger partial charge on any atom is -0.506 e. The Morgan fingerprint density at radius 2 is 1.95 bits per heavy atom. The molecule has 0 saturated carbocycles. The van der Waals surface area contributed by atoms with Crippen molar-refractivity contribution in [2.24, 2.45) is 0 Å². The number of aromatic nitrogens is 1. The van der Waals surface area contributed by atoms with E-state index >= 15 is 0 Å². The molecule has 1 N–H and O–H groups in total. The van der Waals surface area contributed by atoms with E-state index in [2.05, 4.69) is 21.8 Å². The first kappa shape index (κ1) is 14.3. The topological polar surface area (TPSA) is 39.6 Å². The lowest BCUT2D eigenvalue weighted by Crippen LogP contribution is -2.44. The molecule has 1 saturated heterocycles. The van der Waals surface area contributed by atoms with Crippen molar-refractivity contribution in [1.82, 2.24) is 14.8 Å². The van der Waals surface area contributed by atoms with E-state index in [4.69, 9.17) is 0 Å². The lowest BCUT2D eigenvalue weighted by Gasteiger charge is -2.32. The summed E-state index contributed by atoms with van der Waals surface area (Å²) in [5.41, 5.74) is 2.00. The molecule has 1 fully saturated rings. The summed E-state index contributed by atoms with van der Waals surface area (Å²) >= 11 is 0. The van der Waals surface area contributed by atoms with Gasteiger partial charge in [0.2, 0.25) is 0 Å². The van der Waals surface area contributed by atoms with Gasteiger partial charge in [-0.15, -0.1) is 0 Å². The number of phenolic OH excluding ortho intramolecular Hbond substituents is 1. The number of aromatic hydroxyl groups is 1. The Morgan fingerprint density at radius 3 is 2.76 bits per heavy atom. The van der Waals surface area contributed by atoms with E-state index in [-0.39, 0.29) is 5.75 Å². The molecule has 4 heteroatoms. The molecule has 0 spiro atoms. The molecule has 21 heavy (non-hydrogen) atoms. The van der Waals surface area contributed by atoms with Crippen LogP contribution in [0.25, 0.3) is 10.9 Å². The van der Waals surface area contributed by atoms with Crippen molar-refractivity contribution in [1.29, 1.82) is 0 Å². The molecule has 0 amide bonds. The van der Waals surface area contributed by atoms with Crippen LogP contribution in [0.2, 0.25) is 0 Å². The van der Waals surface area contributed by atoms with Crippen LogP contribution in [0.15, 0.2) is 30.5 Å². The van der Waals surface area contributed by atoms with Crippen molar-refractivity contribution >= 4 is 10.9 Å². The van der Waals surface area contributed by atoms with Gasteiger partial charge in [-0.1, -0.05) is 12.1 Å². The van der Waals surface area contributed by atoms with Gasteiger partial charge in [0.25, 0.3) is 0 Å². The Kier molecular flexibility index (Phi) is 4.36. The fraction of sp³-hybridized carbons (Fsp3) is 0.471. The molecule has 0 atom stereocenters. The lowest BCUT2D eigenvalue weighted by molar-refractivity contribution is 0.153. The zero-order valence-electron chi connectivity index (χ0n) is 12.6. The van der Waals surface area contributed by atoms with Crippen molar-refractivity contribution in [3.63, 3.8) is 0 Å². The fourth-order valence-corrected chi connectivity index (χ4v) is 3.00. The maximum atomic E-state index is 9.87. The SMILES string of the molecule is CN1CCN(CCCc2ccc(O)c3ncccc23)CC1. The minimum atomic E-state index is 0.272. The van der Waals surface area contributed by atoms with Crippen molar-refractivity contribution < 1.29 is 5.11 Å². The summed E-state index contributed by atoms with van der Waals surface area (Å²) in [5.74, 6) is 0.272. The molecule has 0 aliphatic carbocycles. The van der Waals surface area contributed by atoms with Crippen LogP contribution < -0.4 is 0 Å². The number of phenols is 1. The highest BCUT2D eigenvalue weighted by Gasteiger charge is 2.13. The fourth-order valence-electron chi connectivity index (χ4n) is 3.00. The first-order valence-corrected chi connectivity index (χ1v) is 7.70. The highest BCUT2D eigenvalue weighted by Crippen LogP contribution is 2.26. The van der Waals surface area contributed by atoms with Crippen LogP contribution in [0.1, 0.15) is 12.0 Å². The number of rotatable bonds is 4. The molecule has 1 aromatic carbocycles. The second kappa shape index (κ2) is 6.41. The Labute approximate surface area is 126 Å². The third kappa shape index (κ3) is 3.34. The van der Waals surface area contributed by atoms with Crippen molar-refractivity contribution in [3.05, 3.63) is 36.0 Å². The molecule has 112 valence electrons. The third-order valence-electron chi connectivity index (χ3n) is 4.36. The summed E-state index contributed by atoms with van der Waals surface area (Å²) in [7, 11) is 2.19. The number of hydrogen-bond acceptors (Lipinski definition) is 4. The van der Waals surface area contributed by atoms with Gasteiger partial charge in [-0.2, -0.15) is 0 Å². The molecule has 0 unspecified atom stereocenters. The van der Waals surface area contributed by atoms with Crippen LogP contribution in [-0.2, 0) is 6.42 Å². The summed E-state index contributed by atoms with van der Waals surface area (Å²) in [5, 5.41) is 11.0. The second-order valence-electron chi connectivity index (χ2n) is 5.89. The molecular weight excluding hydrogens is 262 g/mol. The number of aryl methyl sites for hydroxylation is 1. The first-order chi connectivity index (χ1) is 10.2. The smallest absolute Gasteiger partial charge is 0.141 e. The number of fused-ring (bicyclic) bond motifs is 1. The van der Waals surface area contributed by atoms with Gasteiger partial charge in [0.15, 0.2) is 0 Å². The Hall–Kier alpha value is -1.65. The van der Waals surface area contributed by atoms with Crippen LogP contribution >= 0.6 is 0 Å². The van der Waals surface area contributed by atoms with Gasteiger partial charge in [0.1, 0.15) is 11.3 Å². The first-order valence-electron chi connectivity index (χ1n) is 7.70. The van der Waals surface area contributed by atoms with Crippen LogP contribution in [0, 0.1) is 0 Å². The number of piperazine rings is 1. The van der Waals surface area contributed by atoms with Gasteiger partial charge in [0.05, 0.1) is 0 Å². The predicted octanol–water partition coefficient (Wildman–Crippen LogP) is 2.12. The van der Waals surface area contributed by atoms with E-state index in [0.29, 0.717) is 0 Å². The molecule has 2 aromatic rings. The molecule has 0 bridgehead atoms. The average molecular weight is 285 g/mol. The van der Waals surface area contributed by atoms with E-state index in [1.165, 1.54) is 31.7 Å². The van der Waals surface area contributed by atoms with Gasteiger partial charge in [-0.05, 0) is 44.1 Å². The second-order valence-corrected chi connectivity index (χ2v) is 5.89. The Bertz CT molecular complexity index is 606. The minimum absolute atomic E-state index is 0.272. The van der Waals surface area contributed by atoms with Crippen LogP contribution in [0.4, 0.5) is 0 Å². The molecular formula is C17H23N3O. The largest absolute Gasteiger partial charge is 0.506 e. The predicted molar refractivity (Wildman–Crippen MR) is 85.7 cm³/mol. The summed E-state index contributed by atoms with van der Waals surface area (Å²) in [4.78, 5) is 9.21. The number of likely N-dealkylation sites (N-methyl/N-ethyl adjacent to an activating group) is 1. The highest BCUT2D eigenvalue weighted by atomic mass is 16.3. The van der Waals surface area contributed by atoms with Crippen molar-refractivity contribution in [3.8, 4) is 5.75 Å². The lowest BCUT2D eigenvalue weighted by atomic mass is 10.0. The monoisotopic (exact) mass is 285 g/mol. The molecule has 4 nitrogen and oxygen atoms in total. The number of hydrogen-bond donors (Lipinski definition) is 1. The number of pyridine rings is 1. The summed E-state index contributed by atoms with van der Waals surface area (Å²) < 4.78 is 0. The molecule has 1 aromatic heterocycles. The van der Waals surface area contributed by atoms with Crippen molar-refractivity contribution in [2.45, 2.75) is 12.8 Å². The third-order valence-corrected chi connectivity index (χ3v) is 4.36. The maximum Gasteiger partial charge on any atom is 0.141 e. The van der Waals surface area contributed by atoms with Crippen molar-refractivity contribution in [2.75, 3.05) is 39.8 Å². The van der Waals surface area contributed by atoms with E-state index in [1.54, 1.807) is 12.3 Å². The maximum absolute atomic E-state index is 9.87. The van der Waals surface area contributed by atoms with E-state index < -0.39 is 0 Å². The van der Waals surface area contributed by atoms with E-state index in [1.807, 2.05) is 18.2 Å². The average Bonchev–Trinajstić information content (AvgIpc) is 2.52. The number of benzene rings is 1. The molecule has 0 radical (unpaired) electrons. The van der Waals surface area contributed by atoms with E-state index in [0.717, 1.165) is 30.3 Å². The van der Waals surface area contributed by atoms with Gasteiger partial charge in [-0.3, -0.25) is 4.98 Å². The highest BCUT2D eigenvalue weighted by molar-refractivity contribution is 5.87. The normalized spacial score (nSPS) is 17.4. The molecule has 3 rings (SSSR count). The Morgan fingerprint density at radius 1 is 1.14 bits per heavy atom. The summed E-state index contributed by atoms with van der Waals surface area (Å²) in [6.45, 7) is 5.84. The molecule has 1 aliphatic heterocycles. The molecule has 1 aliphatic rings. The van der Waals surface area contributed by atoms with Crippen LogP contribution in [0.5, 0.6) is 5.75 Å². The zero-order valence-corrected chi connectivity index (χ0v) is 12.6. The van der Waals surface area contributed by atoms with Crippen LogP contribution in [-0.4, -0.2) is 59.7 Å². The quantitative estimate of drug-likeness (QED) is 0.934. The van der Waals surface area contributed by atoms with E-state index in [9.17, 15) is 5.11 Å². The molecule has 2 heterocycles. The summed E-state index contributed by atoms with van der Waals surface area (Å²) in [6, 6.07) is 7.78. The van der Waals surface area contributed by atoms with Gasteiger partial charge in [0, 0.05) is 37.8 Å².